The summed E-state index contributed by atoms with van der Waals surface area (Å²) in [4.78, 5) is 25.2. The Morgan fingerprint density at radius 1 is 1.12 bits per heavy atom. The summed E-state index contributed by atoms with van der Waals surface area (Å²) in [7, 11) is 0. The van der Waals surface area contributed by atoms with Crippen LogP contribution in [0, 0.1) is 6.92 Å². The Morgan fingerprint density at radius 2 is 1.85 bits per heavy atom. The standard InChI is InChI=1S/C24H28ClN5O2S/c1-5-17-9-7-8-15(3)21(17)27-20(31)14-33-24-29-28-22(30(24)6-2)16(4)26-23(32)18-10-12-19(25)13-11-18/h7-13,16H,5-6,14H2,1-4H3,(H,26,32)(H,27,31)/t16-/m0/s1. The molecule has 0 fully saturated rings. The highest BCUT2D eigenvalue weighted by molar-refractivity contribution is 7.99. The summed E-state index contributed by atoms with van der Waals surface area (Å²) in [5, 5.41) is 15.7. The number of carbonyl (C=O) groups excluding carboxylic acids is 2. The van der Waals surface area contributed by atoms with Crippen molar-refractivity contribution < 1.29 is 9.59 Å². The first-order chi connectivity index (χ1) is 15.8. The van der Waals surface area contributed by atoms with E-state index < -0.39 is 0 Å². The predicted molar refractivity (Wildman–Crippen MR) is 133 cm³/mol. The highest BCUT2D eigenvalue weighted by Crippen LogP contribution is 2.24. The number of halogens is 1. The molecule has 3 rings (SSSR count). The van der Waals surface area contributed by atoms with Crippen LogP contribution >= 0.6 is 23.4 Å². The van der Waals surface area contributed by atoms with Crippen molar-refractivity contribution in [1.29, 1.82) is 0 Å². The molecule has 2 amide bonds. The third-order valence-corrected chi connectivity index (χ3v) is 6.46. The van der Waals surface area contributed by atoms with Crippen molar-refractivity contribution in [2.45, 2.75) is 51.9 Å². The molecule has 1 heterocycles. The number of benzene rings is 2. The Labute approximate surface area is 203 Å². The molecular formula is C24H28ClN5O2S. The normalized spacial score (nSPS) is 11.8. The van der Waals surface area contributed by atoms with Crippen LogP contribution in [0.25, 0.3) is 0 Å². The van der Waals surface area contributed by atoms with Crippen LogP contribution in [0.15, 0.2) is 47.6 Å². The lowest BCUT2D eigenvalue weighted by Gasteiger charge is -2.15. The number of thioether (sulfide) groups is 1. The zero-order valence-corrected chi connectivity index (χ0v) is 20.8. The summed E-state index contributed by atoms with van der Waals surface area (Å²) in [6.07, 6.45) is 0.845. The van der Waals surface area contributed by atoms with Crippen molar-refractivity contribution in [2.24, 2.45) is 0 Å². The third kappa shape index (κ3) is 6.15. The fourth-order valence-corrected chi connectivity index (χ4v) is 4.41. The minimum Gasteiger partial charge on any atom is -0.342 e. The van der Waals surface area contributed by atoms with Gasteiger partial charge < -0.3 is 15.2 Å². The van der Waals surface area contributed by atoms with Crippen LogP contribution in [0.2, 0.25) is 5.02 Å². The Kier molecular flexibility index (Phi) is 8.52. The molecule has 0 bridgehead atoms. The predicted octanol–water partition coefficient (Wildman–Crippen LogP) is 5.04. The van der Waals surface area contributed by atoms with Crippen LogP contribution in [0.1, 0.15) is 54.1 Å². The smallest absolute Gasteiger partial charge is 0.251 e. The van der Waals surface area contributed by atoms with E-state index in [1.807, 2.05) is 43.5 Å². The number of rotatable bonds is 9. The van der Waals surface area contributed by atoms with Crippen LogP contribution in [0.5, 0.6) is 0 Å². The molecule has 0 radical (unpaired) electrons. The maximum atomic E-state index is 12.6. The Balaban J connectivity index is 1.65. The van der Waals surface area contributed by atoms with E-state index in [1.54, 1.807) is 24.3 Å². The number of aryl methyl sites for hydroxylation is 2. The third-order valence-electron chi connectivity index (χ3n) is 5.24. The second-order valence-corrected chi connectivity index (χ2v) is 8.97. The van der Waals surface area contributed by atoms with Crippen molar-refractivity contribution in [3.8, 4) is 0 Å². The molecule has 7 nitrogen and oxygen atoms in total. The van der Waals surface area contributed by atoms with Gasteiger partial charge in [-0.25, -0.2) is 0 Å². The first-order valence-electron chi connectivity index (χ1n) is 10.8. The van der Waals surface area contributed by atoms with Crippen LogP contribution < -0.4 is 10.6 Å². The Hall–Kier alpha value is -2.84. The van der Waals surface area contributed by atoms with E-state index in [9.17, 15) is 9.59 Å². The molecule has 1 atom stereocenters. The lowest BCUT2D eigenvalue weighted by molar-refractivity contribution is -0.113. The molecule has 9 heteroatoms. The minimum absolute atomic E-state index is 0.0970. The molecule has 0 unspecified atom stereocenters. The second-order valence-electron chi connectivity index (χ2n) is 7.59. The summed E-state index contributed by atoms with van der Waals surface area (Å²) in [6.45, 7) is 8.51. The summed E-state index contributed by atoms with van der Waals surface area (Å²) in [6, 6.07) is 12.3. The number of nitrogens with zero attached hydrogens (tertiary/aromatic N) is 3. The van der Waals surface area contributed by atoms with Gasteiger partial charge in [0, 0.05) is 22.8 Å². The fraction of sp³-hybridized carbons (Fsp3) is 0.333. The summed E-state index contributed by atoms with van der Waals surface area (Å²) in [5.41, 5.74) is 3.54. The average molecular weight is 486 g/mol. The second kappa shape index (κ2) is 11.3. The Morgan fingerprint density at radius 3 is 2.52 bits per heavy atom. The largest absolute Gasteiger partial charge is 0.342 e. The molecule has 0 aliphatic carbocycles. The zero-order valence-electron chi connectivity index (χ0n) is 19.2. The average Bonchev–Trinajstić information content (AvgIpc) is 3.22. The number of anilines is 1. The van der Waals surface area contributed by atoms with Gasteiger partial charge in [-0.15, -0.1) is 10.2 Å². The van der Waals surface area contributed by atoms with E-state index in [0.29, 0.717) is 28.1 Å². The van der Waals surface area contributed by atoms with Gasteiger partial charge in [-0.3, -0.25) is 9.59 Å². The van der Waals surface area contributed by atoms with E-state index in [-0.39, 0.29) is 23.6 Å². The van der Waals surface area contributed by atoms with Gasteiger partial charge in [0.2, 0.25) is 5.91 Å². The van der Waals surface area contributed by atoms with Gasteiger partial charge in [0.15, 0.2) is 11.0 Å². The highest BCUT2D eigenvalue weighted by atomic mass is 35.5. The van der Waals surface area contributed by atoms with Crippen LogP contribution in [-0.4, -0.2) is 32.3 Å². The minimum atomic E-state index is -0.358. The number of hydrogen-bond acceptors (Lipinski definition) is 5. The first kappa shape index (κ1) is 24.8. The van der Waals surface area contributed by atoms with Crippen molar-refractivity contribution in [1.82, 2.24) is 20.1 Å². The molecule has 2 N–H and O–H groups in total. The summed E-state index contributed by atoms with van der Waals surface area (Å²) >= 11 is 7.22. The molecule has 0 aliphatic rings. The van der Waals surface area contributed by atoms with Crippen LogP contribution in [0.4, 0.5) is 5.69 Å². The number of nitrogens with one attached hydrogen (secondary N) is 2. The molecular weight excluding hydrogens is 458 g/mol. The highest BCUT2D eigenvalue weighted by Gasteiger charge is 2.20. The van der Waals surface area contributed by atoms with E-state index >= 15 is 0 Å². The topological polar surface area (TPSA) is 88.9 Å². The van der Waals surface area contributed by atoms with Crippen molar-refractivity contribution in [3.05, 3.63) is 70.0 Å². The zero-order chi connectivity index (χ0) is 24.0. The lowest BCUT2D eigenvalue weighted by atomic mass is 10.1. The maximum absolute atomic E-state index is 12.6. The van der Waals surface area contributed by atoms with Gasteiger partial charge >= 0.3 is 0 Å². The molecule has 3 aromatic rings. The SMILES string of the molecule is CCc1cccc(C)c1NC(=O)CSc1nnc([C@H](C)NC(=O)c2ccc(Cl)cc2)n1CC. The van der Waals surface area contributed by atoms with E-state index in [0.717, 1.165) is 23.2 Å². The van der Waals surface area contributed by atoms with E-state index in [2.05, 4.69) is 27.8 Å². The number of hydrogen-bond donors (Lipinski definition) is 2. The van der Waals surface area contributed by atoms with Crippen molar-refractivity contribution in [2.75, 3.05) is 11.1 Å². The molecule has 0 spiro atoms. The molecule has 0 saturated heterocycles. The van der Waals surface area contributed by atoms with Crippen LogP contribution in [0.3, 0.4) is 0 Å². The van der Waals surface area contributed by atoms with Crippen LogP contribution in [-0.2, 0) is 17.8 Å². The molecule has 0 aliphatic heterocycles. The number of para-hydroxylation sites is 1. The monoisotopic (exact) mass is 485 g/mol. The van der Waals surface area contributed by atoms with E-state index in [4.69, 9.17) is 11.6 Å². The number of carbonyl (C=O) groups is 2. The van der Waals surface area contributed by atoms with Gasteiger partial charge in [0.05, 0.1) is 11.8 Å². The lowest BCUT2D eigenvalue weighted by Crippen LogP contribution is -2.28. The summed E-state index contributed by atoms with van der Waals surface area (Å²) in [5.74, 6) is 0.528. The van der Waals surface area contributed by atoms with Gasteiger partial charge in [0.1, 0.15) is 0 Å². The quantitative estimate of drug-likeness (QED) is 0.414. The number of amides is 2. The molecule has 174 valence electrons. The Bertz CT molecular complexity index is 1130. The maximum Gasteiger partial charge on any atom is 0.251 e. The van der Waals surface area contributed by atoms with Gasteiger partial charge in [-0.1, -0.05) is 48.5 Å². The van der Waals surface area contributed by atoms with E-state index in [1.165, 1.54) is 11.8 Å². The van der Waals surface area contributed by atoms with Gasteiger partial charge in [0.25, 0.3) is 5.91 Å². The number of aromatic nitrogens is 3. The van der Waals surface area contributed by atoms with Gasteiger partial charge in [-0.2, -0.15) is 0 Å². The first-order valence-corrected chi connectivity index (χ1v) is 12.2. The molecule has 2 aromatic carbocycles. The molecule has 1 aromatic heterocycles. The summed E-state index contributed by atoms with van der Waals surface area (Å²) < 4.78 is 1.91. The fourth-order valence-electron chi connectivity index (χ4n) is 3.48. The van der Waals surface area contributed by atoms with Gasteiger partial charge in [-0.05, 0) is 62.6 Å². The van der Waals surface area contributed by atoms with Crippen molar-refractivity contribution >= 4 is 40.9 Å². The molecule has 33 heavy (non-hydrogen) atoms. The van der Waals surface area contributed by atoms with Crippen molar-refractivity contribution in [3.63, 3.8) is 0 Å². The molecule has 0 saturated carbocycles.